The van der Waals surface area contributed by atoms with Crippen LogP contribution in [0.25, 0.3) is 0 Å². The summed E-state index contributed by atoms with van der Waals surface area (Å²) in [6, 6.07) is 9.05. The minimum Gasteiger partial charge on any atom is -0.351 e. The summed E-state index contributed by atoms with van der Waals surface area (Å²) in [5.41, 5.74) is 1.29. The molecule has 2 unspecified atom stereocenters. The Kier molecular flexibility index (Phi) is 12.7. The Hall–Kier alpha value is -1.27. The third-order valence-corrected chi connectivity index (χ3v) is 12.9. The number of sulfonamides is 1. The van der Waals surface area contributed by atoms with Crippen LogP contribution in [0, 0.1) is 11.8 Å². The van der Waals surface area contributed by atoms with E-state index in [2.05, 4.69) is 39.8 Å². The predicted octanol–water partition coefficient (Wildman–Crippen LogP) is 3.93. The zero-order valence-electron chi connectivity index (χ0n) is 24.6. The molecule has 4 rings (SSSR count). The van der Waals surface area contributed by atoms with Crippen LogP contribution in [0.1, 0.15) is 64.4 Å². The maximum atomic E-state index is 13.6. The first-order valence-electron chi connectivity index (χ1n) is 15.2. The molecule has 230 valence electrons. The van der Waals surface area contributed by atoms with E-state index in [1.54, 1.807) is 11.8 Å². The summed E-state index contributed by atoms with van der Waals surface area (Å²) < 4.78 is 27.3. The molecular weight excluding hydrogens is 577 g/mol. The fraction of sp³-hybridized carbons (Fsp3) is 0.733. The second-order valence-corrected chi connectivity index (χ2v) is 16.3. The van der Waals surface area contributed by atoms with E-state index in [0.29, 0.717) is 17.4 Å². The Bertz CT molecular complexity index is 1070. The Balaban J connectivity index is 1.34. The molecule has 1 aromatic rings. The first kappa shape index (κ1) is 32.6. The standard InChI is InChI=1S/C30H48N4O4S3/c1-23(2)21-41(37,38)34-22-40-20-28(34)30(36)32-27(19-39-18-25-11-7-4-8-12-25)29(35)31-26-13-15-33(16-14-26)17-24-9-5-3-6-10-24/h3,5-6,9-10,23,25-28H,4,7-8,11-22H2,1-2H3,(H,31,35)(H,32,36). The van der Waals surface area contributed by atoms with Gasteiger partial charge in [0.2, 0.25) is 21.8 Å². The first-order chi connectivity index (χ1) is 19.7. The van der Waals surface area contributed by atoms with Gasteiger partial charge in [-0.05, 0) is 48.8 Å². The van der Waals surface area contributed by atoms with Crippen LogP contribution >= 0.6 is 23.5 Å². The van der Waals surface area contributed by atoms with Gasteiger partial charge in [0.25, 0.3) is 0 Å². The molecule has 1 saturated carbocycles. The molecule has 3 fully saturated rings. The van der Waals surface area contributed by atoms with Crippen LogP contribution in [-0.2, 0) is 26.2 Å². The van der Waals surface area contributed by atoms with Crippen molar-refractivity contribution >= 4 is 45.4 Å². The number of carbonyl (C=O) groups is 2. The van der Waals surface area contributed by atoms with Crippen molar-refractivity contribution in [2.75, 3.05) is 42.0 Å². The molecule has 2 saturated heterocycles. The molecule has 11 heteroatoms. The highest BCUT2D eigenvalue weighted by molar-refractivity contribution is 8.00. The fourth-order valence-electron chi connectivity index (χ4n) is 5.96. The van der Waals surface area contributed by atoms with Gasteiger partial charge in [-0.15, -0.1) is 11.8 Å². The lowest BCUT2D eigenvalue weighted by atomic mass is 9.91. The highest BCUT2D eigenvalue weighted by atomic mass is 32.2. The molecular formula is C30H48N4O4S3. The Morgan fingerprint density at radius 2 is 1.76 bits per heavy atom. The van der Waals surface area contributed by atoms with E-state index in [9.17, 15) is 18.0 Å². The van der Waals surface area contributed by atoms with Crippen molar-refractivity contribution in [3.8, 4) is 0 Å². The maximum Gasteiger partial charge on any atom is 0.243 e. The molecule has 0 aromatic heterocycles. The monoisotopic (exact) mass is 624 g/mol. The summed E-state index contributed by atoms with van der Waals surface area (Å²) in [4.78, 5) is 29.4. The van der Waals surface area contributed by atoms with Crippen LogP contribution in [-0.4, -0.2) is 89.5 Å². The topological polar surface area (TPSA) is 98.8 Å². The largest absolute Gasteiger partial charge is 0.351 e. The molecule has 0 bridgehead atoms. The van der Waals surface area contributed by atoms with Crippen molar-refractivity contribution < 1.29 is 18.0 Å². The molecule has 2 N–H and O–H groups in total. The number of nitrogens with one attached hydrogen (secondary N) is 2. The number of benzene rings is 1. The third-order valence-electron chi connectivity index (χ3n) is 8.22. The van der Waals surface area contributed by atoms with Gasteiger partial charge in [-0.25, -0.2) is 8.42 Å². The lowest BCUT2D eigenvalue weighted by Crippen LogP contribution is -2.57. The quantitative estimate of drug-likeness (QED) is 0.343. The van der Waals surface area contributed by atoms with Gasteiger partial charge >= 0.3 is 0 Å². The Labute approximate surface area is 255 Å². The summed E-state index contributed by atoms with van der Waals surface area (Å²) in [6.45, 7) is 6.47. The molecule has 2 atom stereocenters. The van der Waals surface area contributed by atoms with E-state index in [0.717, 1.165) is 38.2 Å². The number of nitrogens with zero attached hydrogens (tertiary/aromatic N) is 2. The molecule has 2 amide bonds. The van der Waals surface area contributed by atoms with Crippen LogP contribution in [0.2, 0.25) is 0 Å². The maximum absolute atomic E-state index is 13.6. The third kappa shape index (κ3) is 10.2. The van der Waals surface area contributed by atoms with Gasteiger partial charge < -0.3 is 10.6 Å². The zero-order chi connectivity index (χ0) is 29.2. The van der Waals surface area contributed by atoms with Crippen molar-refractivity contribution in [1.82, 2.24) is 19.8 Å². The van der Waals surface area contributed by atoms with Gasteiger partial charge in [-0.3, -0.25) is 14.5 Å². The highest BCUT2D eigenvalue weighted by Crippen LogP contribution is 2.28. The number of hydrogen-bond donors (Lipinski definition) is 2. The van der Waals surface area contributed by atoms with Crippen molar-refractivity contribution in [3.05, 3.63) is 35.9 Å². The summed E-state index contributed by atoms with van der Waals surface area (Å²) in [6.07, 6.45) is 8.06. The predicted molar refractivity (Wildman–Crippen MR) is 170 cm³/mol. The van der Waals surface area contributed by atoms with Crippen LogP contribution in [0.5, 0.6) is 0 Å². The van der Waals surface area contributed by atoms with Crippen LogP contribution < -0.4 is 10.6 Å². The van der Waals surface area contributed by atoms with Gasteiger partial charge in [-0.2, -0.15) is 16.1 Å². The number of piperidine rings is 1. The Morgan fingerprint density at radius 3 is 2.44 bits per heavy atom. The minimum absolute atomic E-state index is 0.0153. The number of carbonyl (C=O) groups excluding carboxylic acids is 2. The smallest absolute Gasteiger partial charge is 0.243 e. The van der Waals surface area contributed by atoms with Crippen LogP contribution in [0.3, 0.4) is 0 Å². The van der Waals surface area contributed by atoms with Gasteiger partial charge in [0, 0.05) is 37.2 Å². The van der Waals surface area contributed by atoms with E-state index in [-0.39, 0.29) is 35.4 Å². The average Bonchev–Trinajstić information content (AvgIpc) is 3.46. The molecule has 8 nitrogen and oxygen atoms in total. The fourth-order valence-corrected chi connectivity index (χ4v) is 10.8. The lowest BCUT2D eigenvalue weighted by molar-refractivity contribution is -0.130. The second kappa shape index (κ2) is 16.0. The van der Waals surface area contributed by atoms with Gasteiger partial charge in [0.1, 0.15) is 12.1 Å². The van der Waals surface area contributed by atoms with E-state index in [1.165, 1.54) is 53.7 Å². The molecule has 0 radical (unpaired) electrons. The van der Waals surface area contributed by atoms with Crippen molar-refractivity contribution in [2.45, 2.75) is 83.5 Å². The molecule has 1 aromatic carbocycles. The molecule has 0 spiro atoms. The highest BCUT2D eigenvalue weighted by Gasteiger charge is 2.40. The summed E-state index contributed by atoms with van der Waals surface area (Å²) in [7, 11) is -3.55. The number of rotatable bonds is 13. The number of thioether (sulfide) groups is 2. The van der Waals surface area contributed by atoms with Crippen LogP contribution in [0.15, 0.2) is 30.3 Å². The van der Waals surface area contributed by atoms with Crippen molar-refractivity contribution in [1.29, 1.82) is 0 Å². The number of amides is 2. The van der Waals surface area contributed by atoms with E-state index >= 15 is 0 Å². The second-order valence-electron chi connectivity index (χ2n) is 12.2. The van der Waals surface area contributed by atoms with Crippen molar-refractivity contribution in [2.24, 2.45) is 11.8 Å². The van der Waals surface area contributed by atoms with Crippen molar-refractivity contribution in [3.63, 3.8) is 0 Å². The van der Waals surface area contributed by atoms with E-state index in [4.69, 9.17) is 0 Å². The molecule has 2 aliphatic heterocycles. The lowest BCUT2D eigenvalue weighted by Gasteiger charge is -2.33. The minimum atomic E-state index is -3.55. The van der Waals surface area contributed by atoms with E-state index < -0.39 is 22.1 Å². The normalized spacial score (nSPS) is 22.6. The zero-order valence-corrected chi connectivity index (χ0v) is 27.1. The Morgan fingerprint density at radius 1 is 1.05 bits per heavy atom. The van der Waals surface area contributed by atoms with Gasteiger partial charge in [0.05, 0.1) is 11.6 Å². The molecule has 1 aliphatic carbocycles. The first-order valence-corrected chi connectivity index (χ1v) is 19.1. The number of likely N-dealkylation sites (tertiary alicyclic amines) is 1. The van der Waals surface area contributed by atoms with Crippen LogP contribution in [0.4, 0.5) is 0 Å². The summed E-state index contributed by atoms with van der Waals surface area (Å²) in [5, 5.41) is 6.21. The van der Waals surface area contributed by atoms with E-state index in [1.807, 2.05) is 19.9 Å². The van der Waals surface area contributed by atoms with Gasteiger partial charge in [-0.1, -0.05) is 63.4 Å². The number of hydrogen-bond acceptors (Lipinski definition) is 7. The summed E-state index contributed by atoms with van der Waals surface area (Å²) in [5.74, 6) is 2.33. The molecule has 3 aliphatic rings. The molecule has 2 heterocycles. The summed E-state index contributed by atoms with van der Waals surface area (Å²) >= 11 is 3.19. The molecule has 41 heavy (non-hydrogen) atoms. The average molecular weight is 625 g/mol. The van der Waals surface area contributed by atoms with Gasteiger partial charge in [0.15, 0.2) is 0 Å². The SMILES string of the molecule is CC(C)CS(=O)(=O)N1CSCC1C(=O)NC(CSCC1CCCCC1)C(=O)NC1CCN(Cc2ccccc2)CC1.